The third kappa shape index (κ3) is 11.4. The topological polar surface area (TPSA) is 174 Å². The van der Waals surface area contributed by atoms with E-state index in [-0.39, 0.29) is 6.54 Å². The van der Waals surface area contributed by atoms with Gasteiger partial charge in [-0.15, -0.1) is 0 Å². The molecule has 0 spiro atoms. The summed E-state index contributed by atoms with van der Waals surface area (Å²) >= 11 is 0. The lowest BCUT2D eigenvalue weighted by Gasteiger charge is -2.15. The molecule has 23 heavy (non-hydrogen) atoms. The van der Waals surface area contributed by atoms with Crippen molar-refractivity contribution in [2.75, 3.05) is 11.9 Å². The maximum absolute atomic E-state index is 10.7. The van der Waals surface area contributed by atoms with Crippen LogP contribution >= 0.6 is 7.82 Å². The van der Waals surface area contributed by atoms with Crippen LogP contribution in [0.3, 0.4) is 0 Å². The van der Waals surface area contributed by atoms with Crippen LogP contribution < -0.4 is 5.32 Å². The van der Waals surface area contributed by atoms with Gasteiger partial charge < -0.3 is 30.4 Å². The zero-order valence-corrected chi connectivity index (χ0v) is 13.0. The molecule has 1 unspecified atom stereocenters. The van der Waals surface area contributed by atoms with E-state index in [0.717, 1.165) is 6.92 Å². The highest BCUT2D eigenvalue weighted by atomic mass is 31.2. The Morgan fingerprint density at radius 3 is 2.04 bits per heavy atom. The molecule has 0 aliphatic rings. The molecule has 0 bridgehead atoms. The van der Waals surface area contributed by atoms with E-state index >= 15 is 0 Å². The van der Waals surface area contributed by atoms with Gasteiger partial charge in [0.15, 0.2) is 11.9 Å². The summed E-state index contributed by atoms with van der Waals surface area (Å²) in [6, 6.07) is 8.64. The fourth-order valence-corrected chi connectivity index (χ4v) is 1.60. The van der Waals surface area contributed by atoms with Gasteiger partial charge in [-0.2, -0.15) is 0 Å². The second-order valence-electron chi connectivity index (χ2n) is 4.15. The number of hydrogen-bond acceptors (Lipinski definition) is 7. The van der Waals surface area contributed by atoms with Crippen LogP contribution in [0.4, 0.5) is 5.69 Å². The number of carbonyl (C=O) groups is 2. The van der Waals surface area contributed by atoms with Gasteiger partial charge in [-0.05, 0) is 19.1 Å². The third-order valence-electron chi connectivity index (χ3n) is 2.17. The SMILES string of the molecule is CC(=O)C(O)O.O=C(O)C(CNc1ccccc1)OP(=O)(O)O. The maximum atomic E-state index is 10.7. The normalized spacial score (nSPS) is 12.1. The Morgan fingerprint density at radius 1 is 1.22 bits per heavy atom. The number of aliphatic hydroxyl groups excluding tert-OH is 1. The summed E-state index contributed by atoms with van der Waals surface area (Å²) < 4.78 is 14.7. The average molecular weight is 351 g/mol. The van der Waals surface area contributed by atoms with Crippen molar-refractivity contribution >= 4 is 25.3 Å². The average Bonchev–Trinajstić information content (AvgIpc) is 2.43. The van der Waals surface area contributed by atoms with E-state index in [1.807, 2.05) is 0 Å². The van der Waals surface area contributed by atoms with Crippen molar-refractivity contribution in [3.63, 3.8) is 0 Å². The van der Waals surface area contributed by atoms with Gasteiger partial charge in [0.2, 0.25) is 6.29 Å². The zero-order valence-electron chi connectivity index (χ0n) is 12.1. The fraction of sp³-hybridized carbons (Fsp3) is 0.333. The lowest BCUT2D eigenvalue weighted by Crippen LogP contribution is -2.30. The van der Waals surface area contributed by atoms with E-state index in [0.29, 0.717) is 5.69 Å². The molecule has 11 heteroatoms. The molecule has 6 N–H and O–H groups in total. The number of carboxylic acids is 1. The lowest BCUT2D eigenvalue weighted by molar-refractivity contribution is -0.145. The number of nitrogens with one attached hydrogen (secondary N) is 1. The van der Waals surface area contributed by atoms with Gasteiger partial charge in [0.1, 0.15) is 0 Å². The number of phosphoric acid groups is 1. The number of hydrogen-bond donors (Lipinski definition) is 6. The van der Waals surface area contributed by atoms with E-state index in [4.69, 9.17) is 25.1 Å². The van der Waals surface area contributed by atoms with Crippen LogP contribution in [0, 0.1) is 0 Å². The first-order valence-corrected chi connectivity index (χ1v) is 7.68. The molecule has 0 heterocycles. The number of para-hydroxylation sites is 1. The van der Waals surface area contributed by atoms with Crippen molar-refractivity contribution in [2.24, 2.45) is 0 Å². The van der Waals surface area contributed by atoms with Crippen LogP contribution in [0.5, 0.6) is 0 Å². The summed E-state index contributed by atoms with van der Waals surface area (Å²) in [7, 11) is -4.82. The van der Waals surface area contributed by atoms with Crippen LogP contribution in [0.2, 0.25) is 0 Å². The van der Waals surface area contributed by atoms with Crippen LogP contribution in [0.15, 0.2) is 30.3 Å². The maximum Gasteiger partial charge on any atom is 0.470 e. The van der Waals surface area contributed by atoms with Gasteiger partial charge in [-0.25, -0.2) is 9.36 Å². The summed E-state index contributed by atoms with van der Waals surface area (Å²) in [5.41, 5.74) is 0.632. The highest BCUT2D eigenvalue weighted by Gasteiger charge is 2.27. The van der Waals surface area contributed by atoms with Crippen LogP contribution in [0.25, 0.3) is 0 Å². The Kier molecular flexibility index (Phi) is 9.27. The van der Waals surface area contributed by atoms with Gasteiger partial charge in [0.25, 0.3) is 0 Å². The van der Waals surface area contributed by atoms with Gasteiger partial charge in [0, 0.05) is 5.69 Å². The molecule has 0 saturated heterocycles. The molecule has 1 rings (SSSR count). The van der Waals surface area contributed by atoms with Crippen molar-refractivity contribution in [3.8, 4) is 0 Å². The minimum atomic E-state index is -4.82. The van der Waals surface area contributed by atoms with Gasteiger partial charge in [-0.1, -0.05) is 18.2 Å². The Hall–Kier alpha value is -1.81. The van der Waals surface area contributed by atoms with Crippen molar-refractivity contribution in [2.45, 2.75) is 19.3 Å². The van der Waals surface area contributed by atoms with Crippen molar-refractivity contribution < 1.29 is 43.8 Å². The molecular weight excluding hydrogens is 333 g/mol. The van der Waals surface area contributed by atoms with Crippen LogP contribution in [0.1, 0.15) is 6.92 Å². The number of aliphatic hydroxyl groups is 2. The van der Waals surface area contributed by atoms with E-state index < -0.39 is 32.0 Å². The number of Topliss-reactive ketones (excluding diaryl/α,β-unsaturated/α-hetero) is 1. The molecule has 10 nitrogen and oxygen atoms in total. The molecule has 0 aliphatic heterocycles. The number of carboxylic acid groups (broad SMARTS) is 1. The number of rotatable bonds is 7. The molecule has 0 amide bonds. The van der Waals surface area contributed by atoms with Crippen molar-refractivity contribution in [3.05, 3.63) is 30.3 Å². The predicted molar refractivity (Wildman–Crippen MR) is 78.4 cm³/mol. The molecule has 1 aromatic carbocycles. The lowest BCUT2D eigenvalue weighted by atomic mass is 10.3. The molecule has 1 aromatic rings. The molecule has 0 fully saturated rings. The molecule has 1 atom stereocenters. The molecule has 0 radical (unpaired) electrons. The molecule has 0 aromatic heterocycles. The second-order valence-corrected chi connectivity index (χ2v) is 5.35. The number of phosphoric ester groups is 1. The Bertz CT molecular complexity index is 543. The number of aliphatic carboxylic acids is 1. The molecular formula is C12H18NO9P. The minimum absolute atomic E-state index is 0.246. The van der Waals surface area contributed by atoms with Gasteiger partial charge in [-0.3, -0.25) is 9.32 Å². The number of carbonyl (C=O) groups excluding carboxylic acids is 1. The first-order chi connectivity index (χ1) is 10.5. The summed E-state index contributed by atoms with van der Waals surface area (Å²) in [5, 5.41) is 27.1. The molecule has 0 aliphatic carbocycles. The first-order valence-electron chi connectivity index (χ1n) is 6.15. The molecule has 0 saturated carbocycles. The number of benzene rings is 1. The second kappa shape index (κ2) is 10.1. The quantitative estimate of drug-likeness (QED) is 0.279. The smallest absolute Gasteiger partial charge is 0.470 e. The fourth-order valence-electron chi connectivity index (χ4n) is 1.10. The molecule has 130 valence electrons. The van der Waals surface area contributed by atoms with Crippen LogP contribution in [-0.2, 0) is 18.7 Å². The largest absolute Gasteiger partial charge is 0.479 e. The monoisotopic (exact) mass is 351 g/mol. The summed E-state index contributed by atoms with van der Waals surface area (Å²) in [6.07, 6.45) is -3.40. The first kappa shape index (κ1) is 21.2. The summed E-state index contributed by atoms with van der Waals surface area (Å²) in [5.74, 6) is -2.08. The van der Waals surface area contributed by atoms with E-state index in [2.05, 4.69) is 9.84 Å². The number of ketones is 1. The number of anilines is 1. The summed E-state index contributed by atoms with van der Waals surface area (Å²) in [4.78, 5) is 37.4. The third-order valence-corrected chi connectivity index (χ3v) is 2.70. The van der Waals surface area contributed by atoms with Gasteiger partial charge >= 0.3 is 13.8 Å². The zero-order chi connectivity index (χ0) is 18.0. The van der Waals surface area contributed by atoms with E-state index in [1.165, 1.54) is 0 Å². The predicted octanol–water partition coefficient (Wildman–Crippen LogP) is -0.453. The van der Waals surface area contributed by atoms with Crippen molar-refractivity contribution in [1.29, 1.82) is 0 Å². The Morgan fingerprint density at radius 2 is 1.70 bits per heavy atom. The summed E-state index contributed by atoms with van der Waals surface area (Å²) in [6.45, 7) is 0.856. The van der Waals surface area contributed by atoms with Crippen molar-refractivity contribution in [1.82, 2.24) is 0 Å². The van der Waals surface area contributed by atoms with E-state index in [9.17, 15) is 14.2 Å². The van der Waals surface area contributed by atoms with Crippen LogP contribution in [-0.4, -0.2) is 55.8 Å². The highest BCUT2D eigenvalue weighted by Crippen LogP contribution is 2.37. The minimum Gasteiger partial charge on any atom is -0.479 e. The van der Waals surface area contributed by atoms with E-state index in [1.54, 1.807) is 30.3 Å². The van der Waals surface area contributed by atoms with Gasteiger partial charge in [0.05, 0.1) is 6.54 Å². The standard InChI is InChI=1S/C9H12NO6P.C3H6O3/c11-9(12)8(16-17(13,14)15)6-10-7-4-2-1-3-5-7;1-2(4)3(5)6/h1-5,8,10H,6H2,(H,11,12)(H2,13,14,15);3,5-6H,1H3. The highest BCUT2D eigenvalue weighted by molar-refractivity contribution is 7.46. The Labute approximate surface area is 131 Å². The Balaban J connectivity index is 0.000000688.